The van der Waals surface area contributed by atoms with Gasteiger partial charge in [-0.1, -0.05) is 6.07 Å². The number of esters is 1. The van der Waals surface area contributed by atoms with Gasteiger partial charge in [0.05, 0.1) is 13.2 Å². The molecule has 0 spiro atoms. The number of carbonyl (C=O) groups is 1. The third-order valence-electron chi connectivity index (χ3n) is 1.59. The number of ether oxygens (including phenoxy) is 2. The summed E-state index contributed by atoms with van der Waals surface area (Å²) in [6.45, 7) is 1.73. The highest BCUT2D eigenvalue weighted by Gasteiger charge is 2.18. The first-order chi connectivity index (χ1) is 7.24. The molecule has 0 bridgehead atoms. The van der Waals surface area contributed by atoms with E-state index in [1.54, 1.807) is 25.3 Å². The van der Waals surface area contributed by atoms with E-state index in [2.05, 4.69) is 14.5 Å². The van der Waals surface area contributed by atoms with Crippen LogP contribution in [0.5, 0.6) is 0 Å². The lowest BCUT2D eigenvalue weighted by molar-refractivity contribution is -0.170. The van der Waals surface area contributed by atoms with Gasteiger partial charge in [0.2, 0.25) is 0 Å². The minimum absolute atomic E-state index is 0.00613. The van der Waals surface area contributed by atoms with Crippen molar-refractivity contribution in [3.8, 4) is 0 Å². The van der Waals surface area contributed by atoms with Gasteiger partial charge in [0, 0.05) is 12.4 Å². The lowest BCUT2D eigenvalue weighted by atomic mass is 10.3. The number of alkyl halides is 1. The van der Waals surface area contributed by atoms with E-state index >= 15 is 0 Å². The van der Waals surface area contributed by atoms with Gasteiger partial charge in [0.15, 0.2) is 0 Å². The molecule has 0 aliphatic carbocycles. The standard InChI is InChI=1S/C10H12FNO3/c1-2-14-10(13)9(11)15-7-8-4-3-5-12-6-8/h3-6,9H,2,7H2,1H3. The predicted molar refractivity (Wildman–Crippen MR) is 50.6 cm³/mol. The number of pyridine rings is 1. The van der Waals surface area contributed by atoms with E-state index in [4.69, 9.17) is 0 Å². The van der Waals surface area contributed by atoms with Crippen molar-refractivity contribution in [1.29, 1.82) is 0 Å². The Labute approximate surface area is 87.0 Å². The lowest BCUT2D eigenvalue weighted by Gasteiger charge is -2.08. The van der Waals surface area contributed by atoms with Crippen LogP contribution in [0.4, 0.5) is 4.39 Å². The minimum Gasteiger partial charge on any atom is -0.462 e. The highest BCUT2D eigenvalue weighted by Crippen LogP contribution is 2.04. The van der Waals surface area contributed by atoms with Crippen LogP contribution in [0, 0.1) is 0 Å². The Morgan fingerprint density at radius 2 is 2.47 bits per heavy atom. The number of aromatic nitrogens is 1. The second kappa shape index (κ2) is 6.08. The molecule has 1 aromatic rings. The molecule has 1 heterocycles. The van der Waals surface area contributed by atoms with Crippen molar-refractivity contribution in [1.82, 2.24) is 4.98 Å². The first kappa shape index (κ1) is 11.6. The summed E-state index contributed by atoms with van der Waals surface area (Å²) in [4.78, 5) is 14.7. The second-order valence-electron chi connectivity index (χ2n) is 2.74. The average Bonchev–Trinajstić information content (AvgIpc) is 2.27. The van der Waals surface area contributed by atoms with Crippen molar-refractivity contribution < 1.29 is 18.7 Å². The summed E-state index contributed by atoms with van der Waals surface area (Å²) >= 11 is 0. The molecule has 0 N–H and O–H groups in total. The number of hydrogen-bond donors (Lipinski definition) is 0. The lowest BCUT2D eigenvalue weighted by Crippen LogP contribution is -2.21. The van der Waals surface area contributed by atoms with E-state index in [0.717, 1.165) is 0 Å². The van der Waals surface area contributed by atoms with Gasteiger partial charge in [-0.15, -0.1) is 0 Å². The van der Waals surface area contributed by atoms with Crippen LogP contribution in [0.15, 0.2) is 24.5 Å². The number of carbonyl (C=O) groups excluding carboxylic acids is 1. The SMILES string of the molecule is CCOC(=O)C(F)OCc1cccnc1. The monoisotopic (exact) mass is 213 g/mol. The molecule has 82 valence electrons. The van der Waals surface area contributed by atoms with E-state index in [9.17, 15) is 9.18 Å². The van der Waals surface area contributed by atoms with Crippen LogP contribution in [0.25, 0.3) is 0 Å². The van der Waals surface area contributed by atoms with Crippen molar-refractivity contribution in [2.24, 2.45) is 0 Å². The maximum absolute atomic E-state index is 13.0. The normalized spacial score (nSPS) is 12.1. The summed E-state index contributed by atoms with van der Waals surface area (Å²) in [6, 6.07) is 3.43. The first-order valence-electron chi connectivity index (χ1n) is 4.55. The summed E-state index contributed by atoms with van der Waals surface area (Å²) in [7, 11) is 0. The molecule has 4 nitrogen and oxygen atoms in total. The summed E-state index contributed by atoms with van der Waals surface area (Å²) in [5.74, 6) is -0.999. The van der Waals surface area contributed by atoms with Crippen molar-refractivity contribution in [3.05, 3.63) is 30.1 Å². The van der Waals surface area contributed by atoms with Crippen LogP contribution in [0.3, 0.4) is 0 Å². The minimum atomic E-state index is -2.04. The molecule has 0 aliphatic rings. The Balaban J connectivity index is 2.34. The Morgan fingerprint density at radius 3 is 3.07 bits per heavy atom. The maximum Gasteiger partial charge on any atom is 0.368 e. The van der Waals surface area contributed by atoms with Gasteiger partial charge in [-0.05, 0) is 18.6 Å². The van der Waals surface area contributed by atoms with E-state index < -0.39 is 12.3 Å². The number of halogens is 1. The van der Waals surface area contributed by atoms with Crippen molar-refractivity contribution >= 4 is 5.97 Å². The van der Waals surface area contributed by atoms with Gasteiger partial charge in [-0.3, -0.25) is 4.98 Å². The van der Waals surface area contributed by atoms with Gasteiger partial charge >= 0.3 is 5.97 Å². The Morgan fingerprint density at radius 1 is 1.67 bits per heavy atom. The van der Waals surface area contributed by atoms with Gasteiger partial charge in [-0.2, -0.15) is 0 Å². The quantitative estimate of drug-likeness (QED) is 0.695. The summed E-state index contributed by atoms with van der Waals surface area (Å²) in [6.07, 6.45) is 1.10. The van der Waals surface area contributed by atoms with Gasteiger partial charge < -0.3 is 9.47 Å². The molecule has 0 amide bonds. The van der Waals surface area contributed by atoms with E-state index in [-0.39, 0.29) is 13.2 Å². The summed E-state index contributed by atoms with van der Waals surface area (Å²) in [5.41, 5.74) is 0.699. The molecule has 0 aromatic carbocycles. The van der Waals surface area contributed by atoms with Gasteiger partial charge in [0.1, 0.15) is 0 Å². The first-order valence-corrected chi connectivity index (χ1v) is 4.55. The highest BCUT2D eigenvalue weighted by atomic mass is 19.1. The highest BCUT2D eigenvalue weighted by molar-refractivity contribution is 5.72. The molecule has 5 heteroatoms. The van der Waals surface area contributed by atoms with E-state index in [1.165, 1.54) is 6.20 Å². The molecule has 1 rings (SSSR count). The van der Waals surface area contributed by atoms with Crippen LogP contribution < -0.4 is 0 Å². The number of hydrogen-bond acceptors (Lipinski definition) is 4. The fourth-order valence-electron chi connectivity index (χ4n) is 0.929. The molecule has 1 unspecified atom stereocenters. The second-order valence-corrected chi connectivity index (χ2v) is 2.74. The topological polar surface area (TPSA) is 48.4 Å². The zero-order valence-electron chi connectivity index (χ0n) is 8.35. The third-order valence-corrected chi connectivity index (χ3v) is 1.59. The van der Waals surface area contributed by atoms with Crippen LogP contribution >= 0.6 is 0 Å². The number of rotatable bonds is 5. The number of nitrogens with zero attached hydrogens (tertiary/aromatic N) is 1. The fourth-order valence-corrected chi connectivity index (χ4v) is 0.929. The summed E-state index contributed by atoms with van der Waals surface area (Å²) in [5, 5.41) is 0. The summed E-state index contributed by atoms with van der Waals surface area (Å²) < 4.78 is 22.1. The molecule has 0 radical (unpaired) electrons. The van der Waals surface area contributed by atoms with Crippen LogP contribution in [0.2, 0.25) is 0 Å². The molecule has 0 fully saturated rings. The van der Waals surface area contributed by atoms with E-state index in [1.807, 2.05) is 0 Å². The molecule has 0 saturated heterocycles. The van der Waals surface area contributed by atoms with E-state index in [0.29, 0.717) is 5.56 Å². The molecule has 0 saturated carbocycles. The van der Waals surface area contributed by atoms with Crippen molar-refractivity contribution in [3.63, 3.8) is 0 Å². The van der Waals surface area contributed by atoms with Crippen LogP contribution in [-0.4, -0.2) is 23.9 Å². The maximum atomic E-state index is 13.0. The fraction of sp³-hybridized carbons (Fsp3) is 0.400. The smallest absolute Gasteiger partial charge is 0.368 e. The molecule has 1 aromatic heterocycles. The molecule has 1 atom stereocenters. The molecular formula is C10H12FNO3. The molecule has 15 heavy (non-hydrogen) atoms. The predicted octanol–water partition coefficient (Wildman–Crippen LogP) is 1.46. The van der Waals surface area contributed by atoms with Crippen LogP contribution in [-0.2, 0) is 20.9 Å². The Hall–Kier alpha value is -1.49. The van der Waals surface area contributed by atoms with Crippen LogP contribution in [0.1, 0.15) is 12.5 Å². The average molecular weight is 213 g/mol. The van der Waals surface area contributed by atoms with Crippen molar-refractivity contribution in [2.75, 3.05) is 6.61 Å². The molecular weight excluding hydrogens is 201 g/mol. The van der Waals surface area contributed by atoms with Crippen molar-refractivity contribution in [2.45, 2.75) is 19.9 Å². The Bertz CT molecular complexity index is 305. The molecule has 0 aliphatic heterocycles. The zero-order valence-corrected chi connectivity index (χ0v) is 8.35. The zero-order chi connectivity index (χ0) is 11.1. The van der Waals surface area contributed by atoms with Gasteiger partial charge in [0.25, 0.3) is 6.36 Å². The largest absolute Gasteiger partial charge is 0.462 e. The Kier molecular flexibility index (Phi) is 4.70. The van der Waals surface area contributed by atoms with Gasteiger partial charge in [-0.25, -0.2) is 9.18 Å². The third kappa shape index (κ3) is 4.03.